The molecule has 0 N–H and O–H groups in total. The molecule has 1 saturated carbocycles. The van der Waals surface area contributed by atoms with Gasteiger partial charge in [0.25, 0.3) is 5.91 Å². The number of hydrogen-bond donors (Lipinski definition) is 0. The first-order valence-electron chi connectivity index (χ1n) is 8.27. The summed E-state index contributed by atoms with van der Waals surface area (Å²) in [5.41, 5.74) is 2.59. The first-order chi connectivity index (χ1) is 12.5. The largest absolute Gasteiger partial charge is 0.336 e. The molecule has 26 heavy (non-hydrogen) atoms. The summed E-state index contributed by atoms with van der Waals surface area (Å²) in [6.45, 7) is 0.397. The highest BCUT2D eigenvalue weighted by Gasteiger charge is 2.33. The van der Waals surface area contributed by atoms with Gasteiger partial charge in [-0.3, -0.25) is 9.36 Å². The maximum absolute atomic E-state index is 12.7. The molecular formula is C17H14BrClN6O. The van der Waals surface area contributed by atoms with Gasteiger partial charge in [0.2, 0.25) is 5.82 Å². The van der Waals surface area contributed by atoms with Gasteiger partial charge in [-0.2, -0.15) is 0 Å². The number of aromatic nitrogens is 5. The van der Waals surface area contributed by atoms with Crippen molar-refractivity contribution in [3.8, 4) is 17.1 Å². The number of carbonyl (C=O) groups is 1. The van der Waals surface area contributed by atoms with Crippen molar-refractivity contribution in [3.63, 3.8) is 0 Å². The van der Waals surface area contributed by atoms with E-state index in [1.807, 2.05) is 29.8 Å². The summed E-state index contributed by atoms with van der Waals surface area (Å²) >= 11 is 9.80. The zero-order valence-electron chi connectivity index (χ0n) is 13.9. The van der Waals surface area contributed by atoms with Gasteiger partial charge >= 0.3 is 0 Å². The van der Waals surface area contributed by atoms with E-state index in [0.717, 1.165) is 34.3 Å². The Labute approximate surface area is 162 Å². The lowest BCUT2D eigenvalue weighted by Gasteiger charge is -2.13. The molecule has 3 aromatic rings. The normalized spacial score (nSPS) is 15.0. The molecule has 0 unspecified atom stereocenters. The summed E-state index contributed by atoms with van der Waals surface area (Å²) in [7, 11) is 1.81. The van der Waals surface area contributed by atoms with Crippen molar-refractivity contribution < 1.29 is 4.79 Å². The second-order valence-corrected chi connectivity index (χ2v) is 7.85. The lowest BCUT2D eigenvalue weighted by Crippen LogP contribution is -2.29. The first-order valence-corrected chi connectivity index (χ1v) is 9.44. The van der Waals surface area contributed by atoms with E-state index in [1.165, 1.54) is 0 Å². The third-order valence-electron chi connectivity index (χ3n) is 4.85. The molecule has 2 aliphatic rings. The minimum atomic E-state index is -0.149. The minimum Gasteiger partial charge on any atom is -0.336 e. The maximum atomic E-state index is 12.7. The highest BCUT2D eigenvalue weighted by molar-refractivity contribution is 9.10. The number of hydrogen-bond acceptors (Lipinski definition) is 4. The van der Waals surface area contributed by atoms with Crippen LogP contribution < -0.4 is 0 Å². The Balaban J connectivity index is 1.69. The molecule has 1 fully saturated rings. The Morgan fingerprint density at radius 2 is 2.19 bits per heavy atom. The van der Waals surface area contributed by atoms with Crippen LogP contribution in [0.2, 0.25) is 5.15 Å². The number of benzene rings is 1. The smallest absolute Gasteiger partial charge is 0.293 e. The fourth-order valence-electron chi connectivity index (χ4n) is 3.27. The molecule has 1 aliphatic heterocycles. The van der Waals surface area contributed by atoms with Crippen molar-refractivity contribution in [2.75, 3.05) is 7.05 Å². The van der Waals surface area contributed by atoms with Gasteiger partial charge in [-0.25, -0.2) is 14.6 Å². The van der Waals surface area contributed by atoms with E-state index in [1.54, 1.807) is 15.9 Å². The van der Waals surface area contributed by atoms with E-state index >= 15 is 0 Å². The van der Waals surface area contributed by atoms with E-state index < -0.39 is 0 Å². The zero-order chi connectivity index (χ0) is 18.0. The van der Waals surface area contributed by atoms with Crippen molar-refractivity contribution >= 4 is 33.4 Å². The van der Waals surface area contributed by atoms with Crippen molar-refractivity contribution in [1.82, 2.24) is 29.2 Å². The number of carbonyl (C=O) groups excluding carboxylic acids is 1. The zero-order valence-corrected chi connectivity index (χ0v) is 16.2. The Morgan fingerprint density at radius 3 is 2.96 bits per heavy atom. The SMILES string of the molecule is CN(C(=O)c1nc2n(n1)Cc1c(Cl)ncn1-c1ccc(Br)cc1-2)C1CC1. The Morgan fingerprint density at radius 1 is 1.38 bits per heavy atom. The van der Waals surface area contributed by atoms with E-state index in [9.17, 15) is 4.79 Å². The number of amides is 1. The molecule has 0 bridgehead atoms. The van der Waals surface area contributed by atoms with Gasteiger partial charge in [-0.05, 0) is 31.0 Å². The molecule has 5 rings (SSSR count). The van der Waals surface area contributed by atoms with Crippen LogP contribution in [0.25, 0.3) is 17.1 Å². The predicted octanol–water partition coefficient (Wildman–Crippen LogP) is 3.14. The topological polar surface area (TPSA) is 68.8 Å². The van der Waals surface area contributed by atoms with Gasteiger partial charge in [-0.1, -0.05) is 27.5 Å². The van der Waals surface area contributed by atoms with Gasteiger partial charge in [-0.15, -0.1) is 5.10 Å². The molecule has 0 spiro atoms. The van der Waals surface area contributed by atoms with Crippen LogP contribution in [-0.4, -0.2) is 48.2 Å². The van der Waals surface area contributed by atoms with Crippen LogP contribution in [0.1, 0.15) is 29.2 Å². The highest BCUT2D eigenvalue weighted by atomic mass is 79.9. The molecule has 0 atom stereocenters. The predicted molar refractivity (Wildman–Crippen MR) is 99.5 cm³/mol. The minimum absolute atomic E-state index is 0.149. The van der Waals surface area contributed by atoms with Crippen LogP contribution in [0.3, 0.4) is 0 Å². The molecular weight excluding hydrogens is 420 g/mol. The molecule has 3 heterocycles. The average molecular weight is 434 g/mol. The van der Waals surface area contributed by atoms with Crippen LogP contribution in [0.15, 0.2) is 29.0 Å². The summed E-state index contributed by atoms with van der Waals surface area (Å²) in [6.07, 6.45) is 3.78. The van der Waals surface area contributed by atoms with Crippen LogP contribution in [-0.2, 0) is 6.54 Å². The van der Waals surface area contributed by atoms with Gasteiger partial charge in [0.05, 0.1) is 17.9 Å². The number of fused-ring (bicyclic) bond motifs is 5. The van der Waals surface area contributed by atoms with Gasteiger partial charge in [0, 0.05) is 23.1 Å². The summed E-state index contributed by atoms with van der Waals surface area (Å²) in [4.78, 5) is 23.2. The van der Waals surface area contributed by atoms with E-state index in [-0.39, 0.29) is 11.7 Å². The highest BCUT2D eigenvalue weighted by Crippen LogP contribution is 2.35. The third kappa shape index (κ3) is 2.39. The quantitative estimate of drug-likeness (QED) is 0.487. The summed E-state index contributed by atoms with van der Waals surface area (Å²) < 4.78 is 4.59. The molecule has 0 saturated heterocycles. The Bertz CT molecular complexity index is 1050. The molecule has 1 aliphatic carbocycles. The number of halogens is 2. The van der Waals surface area contributed by atoms with Crippen molar-refractivity contribution in [1.29, 1.82) is 0 Å². The average Bonchev–Trinajstić information content (AvgIpc) is 3.33. The van der Waals surface area contributed by atoms with Crippen molar-refractivity contribution in [2.45, 2.75) is 25.4 Å². The molecule has 2 aromatic heterocycles. The summed E-state index contributed by atoms with van der Waals surface area (Å²) in [5, 5.41) is 4.91. The Hall–Kier alpha value is -2.19. The molecule has 0 radical (unpaired) electrons. The van der Waals surface area contributed by atoms with Crippen LogP contribution in [0, 0.1) is 0 Å². The van der Waals surface area contributed by atoms with Crippen LogP contribution >= 0.6 is 27.5 Å². The number of nitrogens with zero attached hydrogens (tertiary/aromatic N) is 6. The molecule has 7 nitrogen and oxygen atoms in total. The standard InChI is InChI=1S/C17H14BrClN6O/c1-23(10-3-4-10)17(26)15-21-16-11-6-9(18)2-5-12(11)24-8-20-14(19)13(24)7-25(16)22-15/h2,5-6,8,10H,3-4,7H2,1H3. The van der Waals surface area contributed by atoms with Gasteiger partial charge in [0.1, 0.15) is 6.33 Å². The second kappa shape index (κ2) is 5.65. The fourth-order valence-corrected chi connectivity index (χ4v) is 3.82. The van der Waals surface area contributed by atoms with Crippen LogP contribution in [0.5, 0.6) is 0 Å². The first kappa shape index (κ1) is 16.0. The summed E-state index contributed by atoms with van der Waals surface area (Å²) in [5.74, 6) is 0.710. The molecule has 1 aromatic carbocycles. The van der Waals surface area contributed by atoms with Crippen molar-refractivity contribution in [3.05, 3.63) is 45.7 Å². The third-order valence-corrected chi connectivity index (χ3v) is 5.66. The number of rotatable bonds is 2. The monoisotopic (exact) mass is 432 g/mol. The van der Waals surface area contributed by atoms with Crippen LogP contribution in [0.4, 0.5) is 0 Å². The molecule has 1 amide bonds. The molecule has 132 valence electrons. The fraction of sp³-hybridized carbons (Fsp3) is 0.294. The lowest BCUT2D eigenvalue weighted by atomic mass is 10.1. The Kier molecular flexibility index (Phi) is 3.48. The summed E-state index contributed by atoms with van der Waals surface area (Å²) in [6, 6.07) is 6.21. The van der Waals surface area contributed by atoms with Gasteiger partial charge < -0.3 is 4.90 Å². The van der Waals surface area contributed by atoms with E-state index in [4.69, 9.17) is 11.6 Å². The van der Waals surface area contributed by atoms with Gasteiger partial charge in [0.15, 0.2) is 11.0 Å². The molecule has 9 heteroatoms. The maximum Gasteiger partial charge on any atom is 0.293 e. The second-order valence-electron chi connectivity index (χ2n) is 6.58. The van der Waals surface area contributed by atoms with E-state index in [0.29, 0.717) is 23.6 Å². The number of imidazole rings is 1. The lowest BCUT2D eigenvalue weighted by molar-refractivity contribution is 0.0772. The van der Waals surface area contributed by atoms with Crippen molar-refractivity contribution in [2.24, 2.45) is 0 Å². The van der Waals surface area contributed by atoms with E-state index in [2.05, 4.69) is 31.0 Å².